The molecule has 0 fully saturated rings. The van der Waals surface area contributed by atoms with Crippen molar-refractivity contribution in [1.29, 1.82) is 0 Å². The lowest BCUT2D eigenvalue weighted by molar-refractivity contribution is 0.171. The van der Waals surface area contributed by atoms with Crippen LogP contribution in [0, 0.1) is 6.92 Å². The number of benzene rings is 2. The average Bonchev–Trinajstić information content (AvgIpc) is 2.50. The topological polar surface area (TPSA) is 21.3 Å². The van der Waals surface area contributed by atoms with E-state index in [-0.39, 0.29) is 12.1 Å². The standard InChI is InChI=1S/C17H19NOS/c1-12-7-9-13(10-8-12)17(18-2)15-11-20-16-6-4-3-5-14(16)19-15/h3-10,15,17-18H,11H2,1-2H3. The number of para-hydroxylation sites is 1. The molecule has 2 nitrogen and oxygen atoms in total. The van der Waals surface area contributed by atoms with Gasteiger partial charge in [-0.2, -0.15) is 0 Å². The molecule has 3 rings (SSSR count). The fourth-order valence-corrected chi connectivity index (χ4v) is 3.58. The van der Waals surface area contributed by atoms with E-state index in [0.717, 1.165) is 11.5 Å². The second-order valence-electron chi connectivity index (χ2n) is 5.09. The molecule has 0 bridgehead atoms. The van der Waals surface area contributed by atoms with E-state index in [2.05, 4.69) is 54.7 Å². The monoisotopic (exact) mass is 285 g/mol. The van der Waals surface area contributed by atoms with Crippen molar-refractivity contribution in [2.45, 2.75) is 24.0 Å². The zero-order chi connectivity index (χ0) is 13.9. The van der Waals surface area contributed by atoms with Gasteiger partial charge in [0.25, 0.3) is 0 Å². The van der Waals surface area contributed by atoms with Crippen LogP contribution in [0.2, 0.25) is 0 Å². The van der Waals surface area contributed by atoms with Crippen molar-refractivity contribution in [1.82, 2.24) is 5.32 Å². The molecule has 104 valence electrons. The van der Waals surface area contributed by atoms with Crippen molar-refractivity contribution in [2.24, 2.45) is 0 Å². The maximum Gasteiger partial charge on any atom is 0.133 e. The SMILES string of the molecule is CNC(c1ccc(C)cc1)C1CSc2ccccc2O1. The number of thioether (sulfide) groups is 1. The van der Waals surface area contributed by atoms with E-state index in [1.165, 1.54) is 16.0 Å². The van der Waals surface area contributed by atoms with Gasteiger partial charge < -0.3 is 10.1 Å². The zero-order valence-electron chi connectivity index (χ0n) is 11.8. The van der Waals surface area contributed by atoms with Gasteiger partial charge in [0.2, 0.25) is 0 Å². The van der Waals surface area contributed by atoms with Gasteiger partial charge in [0.15, 0.2) is 0 Å². The zero-order valence-corrected chi connectivity index (χ0v) is 12.6. The molecule has 0 saturated heterocycles. The van der Waals surface area contributed by atoms with Crippen molar-refractivity contribution in [3.63, 3.8) is 0 Å². The number of ether oxygens (including phenoxy) is 1. The minimum atomic E-state index is 0.155. The van der Waals surface area contributed by atoms with E-state index in [1.54, 1.807) is 0 Å². The lowest BCUT2D eigenvalue weighted by atomic mass is 10.0. The molecule has 0 amide bonds. The second-order valence-corrected chi connectivity index (χ2v) is 6.15. The number of hydrogen-bond donors (Lipinski definition) is 1. The molecule has 0 aromatic heterocycles. The Morgan fingerprint density at radius 3 is 2.65 bits per heavy atom. The van der Waals surface area contributed by atoms with E-state index in [9.17, 15) is 0 Å². The largest absolute Gasteiger partial charge is 0.486 e. The third-order valence-electron chi connectivity index (χ3n) is 3.65. The number of aryl methyl sites for hydroxylation is 1. The van der Waals surface area contributed by atoms with Crippen molar-refractivity contribution in [3.8, 4) is 5.75 Å². The summed E-state index contributed by atoms with van der Waals surface area (Å²) < 4.78 is 6.19. The summed E-state index contributed by atoms with van der Waals surface area (Å²) in [5.74, 6) is 1.97. The molecule has 1 aliphatic rings. The third-order valence-corrected chi connectivity index (χ3v) is 4.79. The first kappa shape index (κ1) is 13.5. The van der Waals surface area contributed by atoms with Gasteiger partial charge >= 0.3 is 0 Å². The van der Waals surface area contributed by atoms with E-state index in [0.29, 0.717) is 0 Å². The lowest BCUT2D eigenvalue weighted by Gasteiger charge is -2.32. The maximum atomic E-state index is 6.19. The van der Waals surface area contributed by atoms with Crippen LogP contribution in [0.3, 0.4) is 0 Å². The molecule has 2 aromatic rings. The highest BCUT2D eigenvalue weighted by atomic mass is 32.2. The van der Waals surface area contributed by atoms with Crippen LogP contribution >= 0.6 is 11.8 Å². The third kappa shape index (κ3) is 2.69. The highest BCUT2D eigenvalue weighted by Gasteiger charge is 2.28. The van der Waals surface area contributed by atoms with Crippen LogP contribution < -0.4 is 10.1 Å². The Kier molecular flexibility index (Phi) is 3.99. The van der Waals surface area contributed by atoms with Crippen LogP contribution in [-0.2, 0) is 0 Å². The number of hydrogen-bond acceptors (Lipinski definition) is 3. The Hall–Kier alpha value is -1.45. The molecule has 0 aliphatic carbocycles. The smallest absolute Gasteiger partial charge is 0.133 e. The maximum absolute atomic E-state index is 6.19. The van der Waals surface area contributed by atoms with Crippen LogP contribution in [0.5, 0.6) is 5.75 Å². The molecule has 2 unspecified atom stereocenters. The van der Waals surface area contributed by atoms with E-state index < -0.39 is 0 Å². The fourth-order valence-electron chi connectivity index (χ4n) is 2.54. The number of likely N-dealkylation sites (N-methyl/N-ethyl adjacent to an activating group) is 1. The minimum Gasteiger partial charge on any atom is -0.486 e. The van der Waals surface area contributed by atoms with Gasteiger partial charge in [-0.25, -0.2) is 0 Å². The minimum absolute atomic E-state index is 0.155. The molecule has 1 N–H and O–H groups in total. The molecule has 1 aliphatic heterocycles. The van der Waals surface area contributed by atoms with E-state index in [4.69, 9.17) is 4.74 Å². The number of nitrogens with one attached hydrogen (secondary N) is 1. The normalized spacial score (nSPS) is 19.0. The Morgan fingerprint density at radius 1 is 1.15 bits per heavy atom. The number of rotatable bonds is 3. The summed E-state index contributed by atoms with van der Waals surface area (Å²) in [5.41, 5.74) is 2.57. The molecule has 0 spiro atoms. The van der Waals surface area contributed by atoms with Crippen LogP contribution in [0.25, 0.3) is 0 Å². The summed E-state index contributed by atoms with van der Waals surface area (Å²) >= 11 is 1.87. The van der Waals surface area contributed by atoms with Crippen molar-refractivity contribution < 1.29 is 4.74 Å². The van der Waals surface area contributed by atoms with Gasteiger partial charge in [0.1, 0.15) is 11.9 Å². The van der Waals surface area contributed by atoms with Gasteiger partial charge in [0, 0.05) is 10.6 Å². The predicted octanol–water partition coefficient (Wildman–Crippen LogP) is 3.81. The molecule has 3 heteroatoms. The summed E-state index contributed by atoms with van der Waals surface area (Å²) in [6.45, 7) is 2.11. The Labute approximate surface area is 124 Å². The summed E-state index contributed by atoms with van der Waals surface area (Å²) in [7, 11) is 2.00. The van der Waals surface area contributed by atoms with Crippen molar-refractivity contribution in [2.75, 3.05) is 12.8 Å². The quantitative estimate of drug-likeness (QED) is 0.926. The summed E-state index contributed by atoms with van der Waals surface area (Å²) in [4.78, 5) is 1.24. The molecular formula is C17H19NOS. The summed E-state index contributed by atoms with van der Waals surface area (Å²) in [5, 5.41) is 3.40. The van der Waals surface area contributed by atoms with Crippen LogP contribution in [0.1, 0.15) is 17.2 Å². The van der Waals surface area contributed by atoms with Gasteiger partial charge in [-0.05, 0) is 31.7 Å². The van der Waals surface area contributed by atoms with Crippen LogP contribution in [0.4, 0.5) is 0 Å². The van der Waals surface area contributed by atoms with E-state index in [1.807, 2.05) is 24.9 Å². The molecular weight excluding hydrogens is 266 g/mol. The first-order valence-corrected chi connectivity index (χ1v) is 7.89. The summed E-state index contributed by atoms with van der Waals surface area (Å²) in [6, 6.07) is 17.2. The van der Waals surface area contributed by atoms with Gasteiger partial charge in [0.05, 0.1) is 6.04 Å². The molecule has 0 radical (unpaired) electrons. The fraction of sp³-hybridized carbons (Fsp3) is 0.294. The predicted molar refractivity (Wildman–Crippen MR) is 84.6 cm³/mol. The first-order valence-electron chi connectivity index (χ1n) is 6.90. The Bertz CT molecular complexity index is 582. The van der Waals surface area contributed by atoms with Crippen LogP contribution in [0.15, 0.2) is 53.4 Å². The average molecular weight is 285 g/mol. The first-order chi connectivity index (χ1) is 9.78. The van der Waals surface area contributed by atoms with Gasteiger partial charge in [-0.1, -0.05) is 42.0 Å². The number of fused-ring (bicyclic) bond motifs is 1. The highest BCUT2D eigenvalue weighted by molar-refractivity contribution is 7.99. The Balaban J connectivity index is 1.83. The van der Waals surface area contributed by atoms with Crippen molar-refractivity contribution >= 4 is 11.8 Å². The Morgan fingerprint density at radius 2 is 1.90 bits per heavy atom. The summed E-state index contributed by atoms with van der Waals surface area (Å²) in [6.07, 6.45) is 0.155. The lowest BCUT2D eigenvalue weighted by Crippen LogP contribution is -2.37. The van der Waals surface area contributed by atoms with Crippen molar-refractivity contribution in [3.05, 3.63) is 59.7 Å². The second kappa shape index (κ2) is 5.90. The molecule has 2 aromatic carbocycles. The molecule has 2 atom stereocenters. The van der Waals surface area contributed by atoms with Gasteiger partial charge in [-0.3, -0.25) is 0 Å². The van der Waals surface area contributed by atoms with Gasteiger partial charge in [-0.15, -0.1) is 11.8 Å². The molecule has 20 heavy (non-hydrogen) atoms. The highest BCUT2D eigenvalue weighted by Crippen LogP contribution is 2.38. The van der Waals surface area contributed by atoms with E-state index >= 15 is 0 Å². The molecule has 1 heterocycles. The van der Waals surface area contributed by atoms with Crippen LogP contribution in [-0.4, -0.2) is 18.9 Å². The molecule has 0 saturated carbocycles.